The van der Waals surface area contributed by atoms with Crippen LogP contribution in [0, 0.1) is 0 Å². The minimum atomic E-state index is -0.0607. The molecule has 0 bridgehead atoms. The number of rotatable bonds is 2. The molecular formula is C12H14N4OS. The van der Waals surface area contributed by atoms with E-state index < -0.39 is 0 Å². The molecule has 0 saturated carbocycles. The number of hydrogen-bond acceptors (Lipinski definition) is 5. The zero-order valence-corrected chi connectivity index (χ0v) is 10.9. The van der Waals surface area contributed by atoms with E-state index in [9.17, 15) is 4.79 Å². The third-order valence-corrected chi connectivity index (χ3v) is 4.18. The average molecular weight is 262 g/mol. The lowest BCUT2D eigenvalue weighted by Gasteiger charge is -2.15. The fraction of sp³-hybridized carbons (Fsp3) is 0.417. The van der Waals surface area contributed by atoms with Crippen molar-refractivity contribution >= 4 is 16.5 Å². The lowest BCUT2D eigenvalue weighted by molar-refractivity contribution is 0.665. The normalized spacial score (nSPS) is 14.3. The van der Waals surface area contributed by atoms with Crippen LogP contribution < -0.4 is 10.9 Å². The fourth-order valence-corrected chi connectivity index (χ4v) is 2.98. The smallest absolute Gasteiger partial charge is 0.258 e. The van der Waals surface area contributed by atoms with Crippen LogP contribution in [0.3, 0.4) is 0 Å². The average Bonchev–Trinajstić information content (AvgIpc) is 2.86. The number of fused-ring (bicyclic) bond motifs is 1. The molecule has 0 unspecified atom stereocenters. The van der Waals surface area contributed by atoms with Crippen LogP contribution in [0.25, 0.3) is 10.6 Å². The summed E-state index contributed by atoms with van der Waals surface area (Å²) in [6.07, 6.45) is 4.36. The number of aryl methyl sites for hydroxylation is 2. The van der Waals surface area contributed by atoms with E-state index in [1.54, 1.807) is 7.05 Å². The van der Waals surface area contributed by atoms with E-state index in [4.69, 9.17) is 0 Å². The summed E-state index contributed by atoms with van der Waals surface area (Å²) in [6.45, 7) is 0. The monoisotopic (exact) mass is 262 g/mol. The molecule has 0 radical (unpaired) electrons. The van der Waals surface area contributed by atoms with Gasteiger partial charge in [-0.05, 0) is 37.3 Å². The largest absolute Gasteiger partial charge is 0.363 e. The standard InChI is InChI=1S/C12H14N4OS/c1-13-12-16-15-11(18-12)8-6-7-4-2-3-5-9(7)14-10(8)17/h6H,2-5H2,1H3,(H,13,16)(H,14,17). The van der Waals surface area contributed by atoms with Crippen molar-refractivity contribution in [1.29, 1.82) is 0 Å². The number of anilines is 1. The van der Waals surface area contributed by atoms with E-state index in [1.165, 1.54) is 23.3 Å². The van der Waals surface area contributed by atoms with Crippen molar-refractivity contribution in [2.75, 3.05) is 12.4 Å². The van der Waals surface area contributed by atoms with Crippen LogP contribution in [0.1, 0.15) is 24.1 Å². The van der Waals surface area contributed by atoms with Crippen molar-refractivity contribution in [3.05, 3.63) is 27.7 Å². The first-order valence-corrected chi connectivity index (χ1v) is 6.86. The molecule has 3 rings (SSSR count). The number of pyridine rings is 1. The second-order valence-electron chi connectivity index (χ2n) is 4.39. The maximum absolute atomic E-state index is 12.1. The zero-order chi connectivity index (χ0) is 12.5. The molecule has 0 aromatic carbocycles. The lowest BCUT2D eigenvalue weighted by Crippen LogP contribution is -2.16. The quantitative estimate of drug-likeness (QED) is 0.866. The highest BCUT2D eigenvalue weighted by molar-refractivity contribution is 7.18. The number of aromatic nitrogens is 3. The van der Waals surface area contributed by atoms with Gasteiger partial charge in [0.15, 0.2) is 5.01 Å². The van der Waals surface area contributed by atoms with Gasteiger partial charge in [0.05, 0.1) is 5.56 Å². The Morgan fingerprint density at radius 3 is 2.94 bits per heavy atom. The van der Waals surface area contributed by atoms with Crippen LogP contribution in [0.4, 0.5) is 5.13 Å². The van der Waals surface area contributed by atoms with Gasteiger partial charge >= 0.3 is 0 Å². The second-order valence-corrected chi connectivity index (χ2v) is 5.36. The Morgan fingerprint density at radius 1 is 1.33 bits per heavy atom. The minimum absolute atomic E-state index is 0.0607. The molecule has 0 atom stereocenters. The summed E-state index contributed by atoms with van der Waals surface area (Å²) >= 11 is 1.40. The molecule has 6 heteroatoms. The van der Waals surface area contributed by atoms with Crippen molar-refractivity contribution < 1.29 is 0 Å². The van der Waals surface area contributed by atoms with E-state index in [2.05, 4.69) is 20.5 Å². The summed E-state index contributed by atoms with van der Waals surface area (Å²) in [6, 6.07) is 1.98. The number of aromatic amines is 1. The Morgan fingerprint density at radius 2 is 2.17 bits per heavy atom. The summed E-state index contributed by atoms with van der Waals surface area (Å²) in [5, 5.41) is 12.4. The number of nitrogens with one attached hydrogen (secondary N) is 2. The van der Waals surface area contributed by atoms with Crippen molar-refractivity contribution in [3.8, 4) is 10.6 Å². The highest BCUT2D eigenvalue weighted by Crippen LogP contribution is 2.26. The van der Waals surface area contributed by atoms with Crippen molar-refractivity contribution in [1.82, 2.24) is 15.2 Å². The van der Waals surface area contributed by atoms with Crippen LogP contribution in [-0.2, 0) is 12.8 Å². The first-order valence-electron chi connectivity index (χ1n) is 6.04. The minimum Gasteiger partial charge on any atom is -0.363 e. The van der Waals surface area contributed by atoms with Crippen LogP contribution in [-0.4, -0.2) is 22.2 Å². The zero-order valence-electron chi connectivity index (χ0n) is 10.1. The molecule has 1 aliphatic carbocycles. The molecule has 2 N–H and O–H groups in total. The summed E-state index contributed by atoms with van der Waals surface area (Å²) < 4.78 is 0. The van der Waals surface area contributed by atoms with Crippen LogP contribution in [0.15, 0.2) is 10.9 Å². The van der Waals surface area contributed by atoms with Gasteiger partial charge < -0.3 is 10.3 Å². The van der Waals surface area contributed by atoms with E-state index in [1.807, 2.05) is 6.07 Å². The van der Waals surface area contributed by atoms with E-state index >= 15 is 0 Å². The van der Waals surface area contributed by atoms with Gasteiger partial charge in [-0.25, -0.2) is 0 Å². The number of hydrogen-bond donors (Lipinski definition) is 2. The molecule has 94 valence electrons. The van der Waals surface area contributed by atoms with Gasteiger partial charge in [-0.1, -0.05) is 11.3 Å². The van der Waals surface area contributed by atoms with E-state index in [-0.39, 0.29) is 5.56 Å². The molecule has 2 aromatic rings. The highest BCUT2D eigenvalue weighted by atomic mass is 32.1. The molecular weight excluding hydrogens is 248 g/mol. The Balaban J connectivity index is 2.09. The Kier molecular flexibility index (Phi) is 2.87. The maximum atomic E-state index is 12.1. The molecule has 2 aromatic heterocycles. The highest BCUT2D eigenvalue weighted by Gasteiger charge is 2.16. The summed E-state index contributed by atoms with van der Waals surface area (Å²) in [5.74, 6) is 0. The Hall–Kier alpha value is -1.69. The first kappa shape index (κ1) is 11.4. The fourth-order valence-electron chi connectivity index (χ4n) is 2.27. The van der Waals surface area contributed by atoms with Gasteiger partial charge in [-0.15, -0.1) is 10.2 Å². The second kappa shape index (κ2) is 4.53. The number of H-pyrrole nitrogens is 1. The third-order valence-electron chi connectivity index (χ3n) is 3.21. The van der Waals surface area contributed by atoms with E-state index in [0.717, 1.165) is 30.1 Å². The van der Waals surface area contributed by atoms with Crippen molar-refractivity contribution in [2.24, 2.45) is 0 Å². The predicted octanol–water partition coefficient (Wildman–Crippen LogP) is 1.81. The molecule has 0 spiro atoms. The molecule has 2 heterocycles. The summed E-state index contributed by atoms with van der Waals surface area (Å²) in [4.78, 5) is 15.0. The van der Waals surface area contributed by atoms with E-state index in [0.29, 0.717) is 10.6 Å². The van der Waals surface area contributed by atoms with Gasteiger partial charge in [0.25, 0.3) is 5.56 Å². The Bertz CT molecular complexity index is 631. The molecule has 0 fully saturated rings. The summed E-state index contributed by atoms with van der Waals surface area (Å²) in [7, 11) is 1.79. The van der Waals surface area contributed by atoms with Gasteiger partial charge in [-0.3, -0.25) is 4.79 Å². The number of nitrogens with zero attached hydrogens (tertiary/aromatic N) is 2. The van der Waals surface area contributed by atoms with Gasteiger partial charge in [0.1, 0.15) is 0 Å². The SMILES string of the molecule is CNc1nnc(-c2cc3c([nH]c2=O)CCCC3)s1. The molecule has 0 saturated heterocycles. The van der Waals surface area contributed by atoms with Gasteiger partial charge in [0.2, 0.25) is 5.13 Å². The van der Waals surface area contributed by atoms with Crippen molar-refractivity contribution in [2.45, 2.75) is 25.7 Å². The van der Waals surface area contributed by atoms with Crippen LogP contribution in [0.2, 0.25) is 0 Å². The van der Waals surface area contributed by atoms with Crippen LogP contribution >= 0.6 is 11.3 Å². The maximum Gasteiger partial charge on any atom is 0.258 e. The Labute approximate surface area is 108 Å². The molecule has 5 nitrogen and oxygen atoms in total. The van der Waals surface area contributed by atoms with Crippen LogP contribution in [0.5, 0.6) is 0 Å². The lowest BCUT2D eigenvalue weighted by atomic mass is 9.95. The first-order chi connectivity index (χ1) is 8.78. The molecule has 0 aliphatic heterocycles. The van der Waals surface area contributed by atoms with Gasteiger partial charge in [0, 0.05) is 12.7 Å². The predicted molar refractivity (Wildman–Crippen MR) is 72.2 cm³/mol. The molecule has 18 heavy (non-hydrogen) atoms. The topological polar surface area (TPSA) is 70.7 Å². The van der Waals surface area contributed by atoms with Gasteiger partial charge in [-0.2, -0.15) is 0 Å². The molecule has 0 amide bonds. The summed E-state index contributed by atoms with van der Waals surface area (Å²) in [5.41, 5.74) is 2.91. The third kappa shape index (κ3) is 1.92. The molecule has 1 aliphatic rings. The van der Waals surface area contributed by atoms with Crippen molar-refractivity contribution in [3.63, 3.8) is 0 Å².